The van der Waals surface area contributed by atoms with Crippen LogP contribution in [0.4, 0.5) is 0 Å². The van der Waals surface area contributed by atoms with Crippen molar-refractivity contribution in [3.8, 4) is 17.2 Å². The van der Waals surface area contributed by atoms with Crippen LogP contribution in [0.3, 0.4) is 0 Å². The van der Waals surface area contributed by atoms with Gasteiger partial charge in [0.2, 0.25) is 0 Å². The molecule has 1 unspecified atom stereocenters. The number of aromatic hydroxyl groups is 1. The Bertz CT molecular complexity index is 731. The number of nitrogens with one attached hydrogen (secondary N) is 1. The number of nitrogens with zero attached hydrogens (tertiary/aromatic N) is 1. The number of carbonyl (C=O) groups excluding carboxylic acids is 2. The van der Waals surface area contributed by atoms with E-state index in [0.29, 0.717) is 18.3 Å². The summed E-state index contributed by atoms with van der Waals surface area (Å²) in [5.41, 5.74) is -0.467. The molecule has 0 aliphatic carbocycles. The van der Waals surface area contributed by atoms with Crippen molar-refractivity contribution in [3.63, 3.8) is 0 Å². The predicted molar refractivity (Wildman–Crippen MR) is 101 cm³/mol. The van der Waals surface area contributed by atoms with Gasteiger partial charge in [0.1, 0.15) is 28.4 Å². The second-order valence-electron chi connectivity index (χ2n) is 7.79. The standard InChI is InChI=1S/C20H28N2O5/c1-4-22-7-5-6-13(22)11-21-18(25)12-26-14-8-15(23)19-16(24)10-20(2,3)27-17(19)9-14/h8-9,13,23H,4-7,10-12H2,1-3H3,(H,21,25). The van der Waals surface area contributed by atoms with Gasteiger partial charge in [-0.15, -0.1) is 0 Å². The molecule has 2 heterocycles. The number of hydrogen-bond donors (Lipinski definition) is 2. The molecule has 1 fully saturated rings. The Balaban J connectivity index is 1.57. The number of ether oxygens (including phenoxy) is 2. The van der Waals surface area contributed by atoms with Crippen LogP contribution in [0, 0.1) is 0 Å². The van der Waals surface area contributed by atoms with Crippen LogP contribution in [-0.4, -0.2) is 59.6 Å². The van der Waals surface area contributed by atoms with E-state index in [1.165, 1.54) is 6.07 Å². The molecule has 1 aromatic rings. The lowest BCUT2D eigenvalue weighted by Crippen LogP contribution is -2.41. The first kappa shape index (κ1) is 19.5. The fraction of sp³-hybridized carbons (Fsp3) is 0.600. The largest absolute Gasteiger partial charge is 0.507 e. The van der Waals surface area contributed by atoms with Crippen molar-refractivity contribution in [2.45, 2.75) is 51.7 Å². The normalized spacial score (nSPS) is 21.4. The van der Waals surface area contributed by atoms with Gasteiger partial charge in [-0.3, -0.25) is 14.5 Å². The van der Waals surface area contributed by atoms with E-state index in [2.05, 4.69) is 17.1 Å². The van der Waals surface area contributed by atoms with Crippen LogP contribution in [0.2, 0.25) is 0 Å². The molecule has 148 valence electrons. The summed E-state index contributed by atoms with van der Waals surface area (Å²) in [5.74, 6) is 0.0136. The first-order valence-electron chi connectivity index (χ1n) is 9.52. The molecule has 1 saturated heterocycles. The average Bonchev–Trinajstić information content (AvgIpc) is 3.03. The summed E-state index contributed by atoms with van der Waals surface area (Å²) in [7, 11) is 0. The molecule has 7 heteroatoms. The molecule has 1 atom stereocenters. The highest BCUT2D eigenvalue weighted by molar-refractivity contribution is 6.03. The third-order valence-electron chi connectivity index (χ3n) is 5.12. The SMILES string of the molecule is CCN1CCCC1CNC(=O)COc1cc(O)c2c(c1)OC(C)(C)CC2=O. The maximum absolute atomic E-state index is 12.2. The molecule has 2 N–H and O–H groups in total. The van der Waals surface area contributed by atoms with Crippen molar-refractivity contribution in [3.05, 3.63) is 17.7 Å². The van der Waals surface area contributed by atoms with E-state index < -0.39 is 5.60 Å². The smallest absolute Gasteiger partial charge is 0.257 e. The second kappa shape index (κ2) is 7.76. The van der Waals surface area contributed by atoms with Crippen LogP contribution in [0.5, 0.6) is 17.2 Å². The number of hydrogen-bond acceptors (Lipinski definition) is 6. The zero-order valence-electron chi connectivity index (χ0n) is 16.2. The lowest BCUT2D eigenvalue weighted by atomic mass is 9.92. The quantitative estimate of drug-likeness (QED) is 0.791. The summed E-state index contributed by atoms with van der Waals surface area (Å²) in [6.45, 7) is 8.27. The molecule has 7 nitrogen and oxygen atoms in total. The number of likely N-dealkylation sites (N-methyl/N-ethyl adjacent to an activating group) is 1. The van der Waals surface area contributed by atoms with Crippen LogP contribution in [0.1, 0.15) is 50.4 Å². The lowest BCUT2D eigenvalue weighted by Gasteiger charge is -2.32. The number of carbonyl (C=O) groups is 2. The highest BCUT2D eigenvalue weighted by Crippen LogP contribution is 2.40. The molecule has 1 aromatic carbocycles. The van der Waals surface area contributed by atoms with Gasteiger partial charge in [-0.05, 0) is 39.8 Å². The number of Topliss-reactive ketones (excluding diaryl/α,β-unsaturated/α-hetero) is 1. The maximum atomic E-state index is 12.2. The molecule has 2 aliphatic heterocycles. The van der Waals surface area contributed by atoms with Gasteiger partial charge in [-0.25, -0.2) is 0 Å². The van der Waals surface area contributed by atoms with Crippen molar-refractivity contribution in [1.82, 2.24) is 10.2 Å². The van der Waals surface area contributed by atoms with Gasteiger partial charge in [-0.1, -0.05) is 6.92 Å². The van der Waals surface area contributed by atoms with Gasteiger partial charge < -0.3 is 19.9 Å². The minimum atomic E-state index is -0.640. The van der Waals surface area contributed by atoms with E-state index >= 15 is 0 Å². The van der Waals surface area contributed by atoms with Gasteiger partial charge in [0, 0.05) is 24.7 Å². The molecule has 1 amide bonds. The van der Waals surface area contributed by atoms with Gasteiger partial charge in [0.05, 0.1) is 6.42 Å². The van der Waals surface area contributed by atoms with E-state index in [1.54, 1.807) is 6.07 Å². The Kier molecular flexibility index (Phi) is 5.60. The molecule has 3 rings (SSSR count). The molecule has 0 spiro atoms. The first-order valence-corrected chi connectivity index (χ1v) is 9.52. The number of rotatable bonds is 6. The van der Waals surface area contributed by atoms with Crippen molar-refractivity contribution >= 4 is 11.7 Å². The van der Waals surface area contributed by atoms with Gasteiger partial charge in [-0.2, -0.15) is 0 Å². The fourth-order valence-electron chi connectivity index (χ4n) is 3.80. The summed E-state index contributed by atoms with van der Waals surface area (Å²) in [5, 5.41) is 13.1. The molecule has 27 heavy (non-hydrogen) atoms. The van der Waals surface area contributed by atoms with E-state index in [1.807, 2.05) is 13.8 Å². The molecular weight excluding hydrogens is 348 g/mol. The van der Waals surface area contributed by atoms with Crippen LogP contribution < -0.4 is 14.8 Å². The summed E-state index contributed by atoms with van der Waals surface area (Å²) in [4.78, 5) is 26.7. The summed E-state index contributed by atoms with van der Waals surface area (Å²) < 4.78 is 11.3. The highest BCUT2D eigenvalue weighted by atomic mass is 16.5. The van der Waals surface area contributed by atoms with Crippen LogP contribution in [-0.2, 0) is 4.79 Å². The summed E-state index contributed by atoms with van der Waals surface area (Å²) in [6.07, 6.45) is 2.45. The van der Waals surface area contributed by atoms with Crippen molar-refractivity contribution in [2.24, 2.45) is 0 Å². The summed E-state index contributed by atoms with van der Waals surface area (Å²) >= 11 is 0. The average molecular weight is 376 g/mol. The van der Waals surface area contributed by atoms with Gasteiger partial charge >= 0.3 is 0 Å². The number of likely N-dealkylation sites (tertiary alicyclic amines) is 1. The number of phenolic OH excluding ortho intramolecular Hbond substituents is 1. The molecular formula is C20H28N2O5. The predicted octanol–water partition coefficient (Wildman–Crippen LogP) is 2.12. The zero-order valence-corrected chi connectivity index (χ0v) is 16.2. The van der Waals surface area contributed by atoms with Crippen molar-refractivity contribution in [2.75, 3.05) is 26.2 Å². The van der Waals surface area contributed by atoms with Crippen LogP contribution in [0.15, 0.2) is 12.1 Å². The fourth-order valence-corrected chi connectivity index (χ4v) is 3.80. The number of fused-ring (bicyclic) bond motifs is 1. The minimum Gasteiger partial charge on any atom is -0.507 e. The Hall–Kier alpha value is -2.28. The highest BCUT2D eigenvalue weighted by Gasteiger charge is 2.35. The monoisotopic (exact) mass is 376 g/mol. The third-order valence-corrected chi connectivity index (χ3v) is 5.12. The first-order chi connectivity index (χ1) is 12.8. The van der Waals surface area contributed by atoms with E-state index in [0.717, 1.165) is 25.9 Å². The number of ketones is 1. The topological polar surface area (TPSA) is 88.1 Å². The summed E-state index contributed by atoms with van der Waals surface area (Å²) in [6, 6.07) is 3.28. The molecule has 0 bridgehead atoms. The molecule has 0 radical (unpaired) electrons. The van der Waals surface area contributed by atoms with E-state index in [9.17, 15) is 14.7 Å². The molecule has 0 saturated carbocycles. The number of benzene rings is 1. The third kappa shape index (κ3) is 4.53. The molecule has 0 aromatic heterocycles. The van der Waals surface area contributed by atoms with E-state index in [4.69, 9.17) is 9.47 Å². The Morgan fingerprint density at radius 1 is 1.44 bits per heavy atom. The van der Waals surface area contributed by atoms with Crippen molar-refractivity contribution in [1.29, 1.82) is 0 Å². The zero-order chi connectivity index (χ0) is 19.6. The Labute approximate surface area is 159 Å². The minimum absolute atomic E-state index is 0.158. The Morgan fingerprint density at radius 3 is 2.96 bits per heavy atom. The lowest BCUT2D eigenvalue weighted by molar-refractivity contribution is -0.123. The van der Waals surface area contributed by atoms with Crippen LogP contribution in [0.25, 0.3) is 0 Å². The Morgan fingerprint density at radius 2 is 2.22 bits per heavy atom. The van der Waals surface area contributed by atoms with Gasteiger partial charge in [0.25, 0.3) is 5.91 Å². The number of amides is 1. The van der Waals surface area contributed by atoms with Crippen molar-refractivity contribution < 1.29 is 24.2 Å². The number of phenols is 1. The van der Waals surface area contributed by atoms with Gasteiger partial charge in [0.15, 0.2) is 12.4 Å². The maximum Gasteiger partial charge on any atom is 0.257 e. The van der Waals surface area contributed by atoms with E-state index in [-0.39, 0.29) is 41.8 Å². The molecule has 2 aliphatic rings. The second-order valence-corrected chi connectivity index (χ2v) is 7.79. The van der Waals surface area contributed by atoms with Crippen LogP contribution >= 0.6 is 0 Å².